The number of anilines is 1. The molecule has 1 atom stereocenters. The number of methoxy groups -OCH3 is 1. The minimum atomic E-state index is -7.92. The fourth-order valence-corrected chi connectivity index (χ4v) is 3.10. The third kappa shape index (κ3) is 4.76. The van der Waals surface area contributed by atoms with E-state index in [0.29, 0.717) is 7.11 Å². The summed E-state index contributed by atoms with van der Waals surface area (Å²) >= 11 is 0. The molecule has 1 rings (SSSR count). The minimum Gasteiger partial charge on any atom is -0.376 e. The van der Waals surface area contributed by atoms with Crippen LogP contribution in [0.15, 0.2) is 24.3 Å². The molecule has 0 bridgehead atoms. The van der Waals surface area contributed by atoms with Gasteiger partial charge >= 0.3 is 35.8 Å². The summed E-state index contributed by atoms with van der Waals surface area (Å²) in [6.07, 6.45) is -12.0. The van der Waals surface area contributed by atoms with Gasteiger partial charge < -0.3 is 9.64 Å². The summed E-state index contributed by atoms with van der Waals surface area (Å²) in [5.74, 6) is -37.1. The average Bonchev–Trinajstić information content (AvgIpc) is 2.72. The van der Waals surface area contributed by atoms with Crippen molar-refractivity contribution < 1.29 is 61.8 Å². The summed E-state index contributed by atoms with van der Waals surface area (Å²) in [6, 6.07) is 5.06. The molecular formula is C19H20F13NO. The van der Waals surface area contributed by atoms with Gasteiger partial charge in [0.25, 0.3) is 0 Å². The van der Waals surface area contributed by atoms with Crippen molar-refractivity contribution in [3.63, 3.8) is 0 Å². The van der Waals surface area contributed by atoms with Gasteiger partial charge in [-0.1, -0.05) is 18.2 Å². The zero-order chi connectivity index (χ0) is 27.0. The van der Waals surface area contributed by atoms with Crippen LogP contribution in [0.4, 0.5) is 62.8 Å². The maximum atomic E-state index is 14.3. The van der Waals surface area contributed by atoms with E-state index >= 15 is 0 Å². The van der Waals surface area contributed by atoms with Crippen molar-refractivity contribution >= 4 is 5.69 Å². The normalized spacial score (nSPS) is 15.4. The number of rotatable bonds is 11. The van der Waals surface area contributed by atoms with Crippen LogP contribution in [-0.2, 0) is 4.74 Å². The molecule has 0 radical (unpaired) electrons. The molecule has 2 nitrogen and oxygen atoms in total. The molecule has 0 aliphatic carbocycles. The van der Waals surface area contributed by atoms with Gasteiger partial charge in [0.2, 0.25) is 0 Å². The molecule has 0 fully saturated rings. The van der Waals surface area contributed by atoms with Crippen molar-refractivity contribution in [2.75, 3.05) is 25.1 Å². The Bertz CT molecular complexity index is 819. The Balaban J connectivity index is 3.51. The van der Waals surface area contributed by atoms with Crippen LogP contribution in [-0.4, -0.2) is 56.0 Å². The van der Waals surface area contributed by atoms with Crippen molar-refractivity contribution in [3.8, 4) is 0 Å². The molecule has 1 aromatic carbocycles. The van der Waals surface area contributed by atoms with Gasteiger partial charge in [0.05, 0.1) is 6.10 Å². The Morgan fingerprint density at radius 2 is 1.15 bits per heavy atom. The Labute approximate surface area is 185 Å². The summed E-state index contributed by atoms with van der Waals surface area (Å²) in [5.41, 5.74) is -0.140. The predicted molar refractivity (Wildman–Crippen MR) is 95.2 cm³/mol. The van der Waals surface area contributed by atoms with Crippen LogP contribution in [0.1, 0.15) is 31.9 Å². The van der Waals surface area contributed by atoms with Crippen molar-refractivity contribution in [1.29, 1.82) is 0 Å². The van der Waals surface area contributed by atoms with E-state index < -0.39 is 48.3 Å². The van der Waals surface area contributed by atoms with E-state index in [1.165, 1.54) is 23.1 Å². The Hall–Kier alpha value is -1.93. The fourth-order valence-electron chi connectivity index (χ4n) is 3.10. The van der Waals surface area contributed by atoms with Gasteiger partial charge in [-0.2, -0.15) is 57.1 Å². The molecule has 0 aliphatic heterocycles. The summed E-state index contributed by atoms with van der Waals surface area (Å²) < 4.78 is 178. The lowest BCUT2D eigenvalue weighted by Crippen LogP contribution is -2.70. The van der Waals surface area contributed by atoms with E-state index in [0.717, 1.165) is 6.07 Å². The molecule has 0 spiro atoms. The zero-order valence-corrected chi connectivity index (χ0v) is 17.8. The smallest absolute Gasteiger partial charge is 0.376 e. The molecule has 0 aliphatic rings. The molecule has 198 valence electrons. The molecule has 0 heterocycles. The fraction of sp³-hybridized carbons (Fsp3) is 0.684. The van der Waals surface area contributed by atoms with Crippen LogP contribution in [0, 0.1) is 0 Å². The van der Waals surface area contributed by atoms with Gasteiger partial charge in [-0.3, -0.25) is 0 Å². The zero-order valence-electron chi connectivity index (χ0n) is 17.8. The highest BCUT2D eigenvalue weighted by atomic mass is 19.4. The van der Waals surface area contributed by atoms with E-state index in [1.807, 2.05) is 0 Å². The largest absolute Gasteiger partial charge is 0.460 e. The van der Waals surface area contributed by atoms with E-state index in [9.17, 15) is 57.1 Å². The second kappa shape index (κ2) is 9.61. The molecule has 34 heavy (non-hydrogen) atoms. The number of halogens is 13. The van der Waals surface area contributed by atoms with Crippen LogP contribution in [0.2, 0.25) is 0 Å². The average molecular weight is 525 g/mol. The molecule has 0 amide bonds. The van der Waals surface area contributed by atoms with Gasteiger partial charge in [-0.25, -0.2) is 0 Å². The first-order chi connectivity index (χ1) is 15.2. The van der Waals surface area contributed by atoms with Crippen molar-refractivity contribution in [2.24, 2.45) is 0 Å². The monoisotopic (exact) mass is 525 g/mol. The lowest BCUT2D eigenvalue weighted by atomic mass is 9.89. The van der Waals surface area contributed by atoms with Crippen molar-refractivity contribution in [1.82, 2.24) is 0 Å². The van der Waals surface area contributed by atoms with E-state index in [2.05, 4.69) is 4.74 Å². The highest BCUT2D eigenvalue weighted by Gasteiger charge is 2.90. The summed E-state index contributed by atoms with van der Waals surface area (Å²) in [7, 11) is 0.697. The topological polar surface area (TPSA) is 12.5 Å². The maximum absolute atomic E-state index is 14.3. The first-order valence-corrected chi connectivity index (χ1v) is 9.50. The molecule has 0 saturated carbocycles. The Morgan fingerprint density at radius 3 is 1.56 bits per heavy atom. The van der Waals surface area contributed by atoms with Crippen LogP contribution >= 0.6 is 0 Å². The summed E-state index contributed by atoms with van der Waals surface area (Å²) in [5, 5.41) is 0. The molecule has 0 N–H and O–H groups in total. The number of benzene rings is 1. The lowest BCUT2D eigenvalue weighted by molar-refractivity contribution is -0.440. The van der Waals surface area contributed by atoms with E-state index in [1.54, 1.807) is 13.8 Å². The predicted octanol–water partition coefficient (Wildman–Crippen LogP) is 7.35. The highest BCUT2D eigenvalue weighted by molar-refractivity contribution is 5.54. The molecule has 15 heteroatoms. The molecule has 1 aromatic rings. The second-order valence-corrected chi connectivity index (χ2v) is 7.16. The highest BCUT2D eigenvalue weighted by Crippen LogP contribution is 2.61. The van der Waals surface area contributed by atoms with E-state index in [4.69, 9.17) is 0 Å². The third-order valence-electron chi connectivity index (χ3n) is 5.11. The van der Waals surface area contributed by atoms with Gasteiger partial charge in [-0.05, 0) is 19.9 Å². The SMILES string of the molecule is CCN(CC)c1ccccc1C(CC(F)(F)C(F)(F)C(F)(F)C(F)(F)C(F)(F)C(F)(F)F)OC. The van der Waals surface area contributed by atoms with Crippen LogP contribution in [0.3, 0.4) is 0 Å². The lowest BCUT2D eigenvalue weighted by Gasteiger charge is -2.40. The summed E-state index contributed by atoms with van der Waals surface area (Å²) in [6.45, 7) is 3.75. The number of ether oxygens (including phenoxy) is 1. The van der Waals surface area contributed by atoms with Gasteiger partial charge in [0, 0.05) is 37.9 Å². The number of para-hydroxylation sites is 1. The standard InChI is InChI=1S/C19H20F13NO/c1-4-33(5-2)12-9-7-6-8-11(12)13(34-3)10-14(20,21)15(22,23)16(24,25)17(26,27)18(28,29)19(30,31)32/h6-9,13H,4-5,10H2,1-3H3. The molecule has 1 unspecified atom stereocenters. The van der Waals surface area contributed by atoms with Crippen molar-refractivity contribution in [2.45, 2.75) is 62.2 Å². The van der Waals surface area contributed by atoms with Crippen LogP contribution in [0.25, 0.3) is 0 Å². The third-order valence-corrected chi connectivity index (χ3v) is 5.11. The molecular weight excluding hydrogens is 505 g/mol. The van der Waals surface area contributed by atoms with Gasteiger partial charge in [0.15, 0.2) is 0 Å². The van der Waals surface area contributed by atoms with Crippen LogP contribution < -0.4 is 4.90 Å². The second-order valence-electron chi connectivity index (χ2n) is 7.16. The van der Waals surface area contributed by atoms with Gasteiger partial charge in [0.1, 0.15) is 0 Å². The Kier molecular flexibility index (Phi) is 8.51. The Morgan fingerprint density at radius 1 is 0.706 bits per heavy atom. The van der Waals surface area contributed by atoms with Crippen LogP contribution in [0.5, 0.6) is 0 Å². The van der Waals surface area contributed by atoms with Gasteiger partial charge in [-0.15, -0.1) is 0 Å². The maximum Gasteiger partial charge on any atom is 0.460 e. The minimum absolute atomic E-state index is 0.124. The van der Waals surface area contributed by atoms with E-state index in [-0.39, 0.29) is 24.3 Å². The first-order valence-electron chi connectivity index (χ1n) is 9.50. The number of hydrogen-bond acceptors (Lipinski definition) is 2. The first kappa shape index (κ1) is 30.1. The van der Waals surface area contributed by atoms with Crippen molar-refractivity contribution in [3.05, 3.63) is 29.8 Å². The number of hydrogen-bond donors (Lipinski definition) is 0. The number of nitrogens with zero attached hydrogens (tertiary/aromatic N) is 1. The molecule has 0 aromatic heterocycles. The number of alkyl halides is 13. The quantitative estimate of drug-likeness (QED) is 0.280. The molecule has 0 saturated heterocycles. The summed E-state index contributed by atoms with van der Waals surface area (Å²) in [4.78, 5) is 1.52.